The molecule has 3 fully saturated rings. The predicted octanol–water partition coefficient (Wildman–Crippen LogP) is 12.9. The van der Waals surface area contributed by atoms with E-state index in [4.69, 9.17) is 65.6 Å². The molecule has 1 N–H and O–H groups in total. The van der Waals surface area contributed by atoms with Gasteiger partial charge in [-0.25, -0.2) is 36.3 Å². The number of hydrogen-bond donors (Lipinski definition) is 1. The highest BCUT2D eigenvalue weighted by molar-refractivity contribution is 6.31. The van der Waals surface area contributed by atoms with Crippen molar-refractivity contribution in [1.29, 1.82) is 0 Å². The Morgan fingerprint density at radius 1 is 0.536 bits per heavy atom. The van der Waals surface area contributed by atoms with Crippen molar-refractivity contribution in [2.24, 2.45) is 15.3 Å². The number of β-amino-alcohol motifs (C(OH)–C–C–N with tert-alkyl or cyclic N) is 1. The van der Waals surface area contributed by atoms with Gasteiger partial charge < -0.3 is 19.3 Å². The quantitative estimate of drug-likeness (QED) is 0.0493. The Hall–Kier alpha value is -7.11. The number of Topliss-reactive ketones (excluding diaryl/α,β-unsaturated/α-hetero) is 3. The zero-order chi connectivity index (χ0) is 63.2. The summed E-state index contributed by atoms with van der Waals surface area (Å²) in [5.41, 5.74) is 24.3. The number of carbonyl (C=O) groups is 6. The van der Waals surface area contributed by atoms with Crippen LogP contribution in [0.1, 0.15) is 98.3 Å². The van der Waals surface area contributed by atoms with Crippen LogP contribution in [0.25, 0.3) is 31.3 Å². The van der Waals surface area contributed by atoms with E-state index in [0.29, 0.717) is 0 Å². The number of carbonyl (C=O) groups excluding carboxylic acids is 6. The van der Waals surface area contributed by atoms with Gasteiger partial charge in [0, 0.05) is 40.5 Å². The van der Waals surface area contributed by atoms with Gasteiger partial charge in [0.25, 0.3) is 0 Å². The van der Waals surface area contributed by atoms with E-state index in [1.807, 2.05) is 0 Å². The SMILES string of the molecule is CC(C)(C)OC(=O)N1C[C@@H](N=[N+]=[N-])[C@H](F)[C@H]1C(=O)CCc1cccc(Cl)c1F.CC(C)(C)OC(=O)N1C[C@H](F)[C@@H](N=[N+]=[N-])[C@H]1C(=O)CCc1cccc(Cl)c1F.CC(C)(C)OC(=O)N1C[C@H](O)[C@@H](N=[N+]=[N-])[C@H]1C(=O)CCc1cccc(Cl)c1F. The number of benzene rings is 3. The van der Waals surface area contributed by atoms with E-state index in [0.717, 1.165) is 14.7 Å². The van der Waals surface area contributed by atoms with Gasteiger partial charge in [-0.15, -0.1) is 0 Å². The fraction of sp³-hybridized carbons (Fsp3) is 0.556. The molecule has 30 heteroatoms. The molecule has 3 aromatic carbocycles. The van der Waals surface area contributed by atoms with E-state index < -0.39 is 131 Å². The van der Waals surface area contributed by atoms with Crippen molar-refractivity contribution >= 4 is 70.4 Å². The second kappa shape index (κ2) is 30.1. The van der Waals surface area contributed by atoms with Crippen LogP contribution < -0.4 is 0 Å². The van der Waals surface area contributed by atoms with Crippen molar-refractivity contribution in [2.75, 3.05) is 19.6 Å². The first kappa shape index (κ1) is 69.4. The van der Waals surface area contributed by atoms with Gasteiger partial charge in [0.15, 0.2) is 17.3 Å². The number of aryl methyl sites for hydroxylation is 3. The largest absolute Gasteiger partial charge is 0.444 e. The third kappa shape index (κ3) is 19.2. The summed E-state index contributed by atoms with van der Waals surface area (Å²) in [4.78, 5) is 86.3. The van der Waals surface area contributed by atoms with Gasteiger partial charge in [-0.3, -0.25) is 29.1 Å². The summed E-state index contributed by atoms with van der Waals surface area (Å²) in [5, 5.41) is 20.2. The van der Waals surface area contributed by atoms with Crippen LogP contribution in [0.2, 0.25) is 15.1 Å². The molecule has 0 saturated carbocycles. The predicted molar refractivity (Wildman–Crippen MR) is 299 cm³/mol. The maximum Gasteiger partial charge on any atom is 0.411 e. The third-order valence-electron chi connectivity index (χ3n) is 12.7. The summed E-state index contributed by atoms with van der Waals surface area (Å²) < 4.78 is 87.0. The molecule has 3 aliphatic rings. The smallest absolute Gasteiger partial charge is 0.411 e. The van der Waals surface area contributed by atoms with Crippen LogP contribution in [-0.4, -0.2) is 147 Å². The molecular weight excluding hydrogens is 1180 g/mol. The maximum absolute atomic E-state index is 14.8. The fourth-order valence-corrected chi connectivity index (χ4v) is 9.60. The summed E-state index contributed by atoms with van der Waals surface area (Å²) >= 11 is 17.2. The number of ketones is 3. The Morgan fingerprint density at radius 2 is 0.857 bits per heavy atom. The third-order valence-corrected chi connectivity index (χ3v) is 13.6. The number of aliphatic hydroxyl groups is 1. The highest BCUT2D eigenvalue weighted by Crippen LogP contribution is 2.32. The zero-order valence-electron chi connectivity index (χ0n) is 47.3. The van der Waals surface area contributed by atoms with Crippen molar-refractivity contribution in [3.8, 4) is 0 Å². The molecule has 0 radical (unpaired) electrons. The highest BCUT2D eigenvalue weighted by Gasteiger charge is 2.51. The minimum absolute atomic E-state index is 0.00379. The fourth-order valence-electron chi connectivity index (χ4n) is 9.02. The average Bonchev–Trinajstić information content (AvgIpc) is 2.49. The van der Waals surface area contributed by atoms with Crippen LogP contribution in [0.4, 0.5) is 36.3 Å². The lowest BCUT2D eigenvalue weighted by atomic mass is 9.98. The first-order valence-electron chi connectivity index (χ1n) is 26.1. The van der Waals surface area contributed by atoms with Crippen molar-refractivity contribution < 1.29 is 70.0 Å². The summed E-state index contributed by atoms with van der Waals surface area (Å²) in [6.45, 7) is 13.9. The summed E-state index contributed by atoms with van der Waals surface area (Å²) in [6, 6.07) is 5.61. The molecule has 0 aliphatic carbocycles. The minimum atomic E-state index is -1.87. The lowest BCUT2D eigenvalue weighted by molar-refractivity contribution is -0.125. The lowest BCUT2D eigenvalue weighted by Crippen LogP contribution is -2.46. The van der Waals surface area contributed by atoms with E-state index in [1.165, 1.54) is 36.4 Å². The number of amides is 3. The second-order valence-corrected chi connectivity index (χ2v) is 23.7. The topological polar surface area (TPSA) is 306 Å². The number of halogens is 8. The highest BCUT2D eigenvalue weighted by atomic mass is 35.5. The molecule has 3 aromatic rings. The molecule has 3 aliphatic heterocycles. The van der Waals surface area contributed by atoms with E-state index in [1.54, 1.807) is 80.5 Å². The normalized spacial score (nSPS) is 21.9. The van der Waals surface area contributed by atoms with Gasteiger partial charge in [-0.05, 0) is 133 Å². The van der Waals surface area contributed by atoms with Crippen molar-refractivity contribution in [3.05, 3.63) is 135 Å². The van der Waals surface area contributed by atoms with Crippen molar-refractivity contribution in [1.82, 2.24) is 14.7 Å². The molecule has 0 spiro atoms. The molecule has 0 unspecified atom stereocenters. The molecule has 6 rings (SSSR count). The number of hydrogen-bond acceptors (Lipinski definition) is 13. The number of nitrogens with zero attached hydrogens (tertiary/aromatic N) is 12. The maximum atomic E-state index is 14.8. The molecule has 456 valence electrons. The van der Waals surface area contributed by atoms with Crippen LogP contribution in [0.15, 0.2) is 69.9 Å². The van der Waals surface area contributed by atoms with Crippen molar-refractivity contribution in [3.63, 3.8) is 0 Å². The molecule has 0 bridgehead atoms. The Kier molecular flexibility index (Phi) is 24.9. The molecule has 22 nitrogen and oxygen atoms in total. The molecule has 3 amide bonds. The molecule has 3 saturated heterocycles. The Bertz CT molecular complexity index is 2890. The molecule has 0 aromatic heterocycles. The van der Waals surface area contributed by atoms with E-state index >= 15 is 0 Å². The monoisotopic (exact) mass is 1240 g/mol. The molecule has 84 heavy (non-hydrogen) atoms. The van der Waals surface area contributed by atoms with E-state index in [2.05, 4.69) is 30.1 Å². The zero-order valence-corrected chi connectivity index (χ0v) is 49.5. The standard InChI is InChI=1S/2C18H21ClF2N4O3.C18H22ClFN4O4/c1-18(2,3)28-17(27)25-9-12(23-24-22)15(21)16(25)13(26)8-7-10-5-4-6-11(19)14(10)20;1-18(2,3)28-17(27)25-9-12(20)15(23-24-22)16(25)13(26)8-7-10-5-4-6-11(19)14(10)21;1-18(2,3)28-17(27)24-9-13(26)15(22-23-21)16(24)12(25)8-7-10-5-4-6-11(19)14(10)20/h2*4-6,12,15-16H,7-9H2,1-3H3;4-6,13,15-16,26H,7-9H2,1-3H3/t12-,15+,16-;12-,15+,16+;13-,15+,16+/m100/s1. The number of rotatable bonds is 15. The number of likely N-dealkylation sites (tertiary alicyclic amines) is 3. The van der Waals surface area contributed by atoms with Gasteiger partial charge in [0.2, 0.25) is 0 Å². The van der Waals surface area contributed by atoms with Gasteiger partial charge >= 0.3 is 18.3 Å². The Morgan fingerprint density at radius 3 is 1.21 bits per heavy atom. The first-order chi connectivity index (χ1) is 39.1. The minimum Gasteiger partial charge on any atom is -0.444 e. The Labute approximate surface area is 495 Å². The van der Waals surface area contributed by atoms with E-state index in [9.17, 15) is 55.8 Å². The van der Waals surface area contributed by atoms with Crippen molar-refractivity contribution in [2.45, 2.75) is 172 Å². The van der Waals surface area contributed by atoms with Crippen LogP contribution in [0.3, 0.4) is 0 Å². The van der Waals surface area contributed by atoms with Gasteiger partial charge in [-0.2, -0.15) is 0 Å². The van der Waals surface area contributed by atoms with Crippen LogP contribution >= 0.6 is 34.8 Å². The number of azide groups is 3. The molecular formula is C54H64Cl3F5N12O10. The number of aliphatic hydroxyl groups excluding tert-OH is 1. The number of alkyl halides is 2. The summed E-state index contributed by atoms with van der Waals surface area (Å²) in [5.74, 6) is -3.53. The van der Waals surface area contributed by atoms with Gasteiger partial charge in [-0.1, -0.05) is 86.5 Å². The van der Waals surface area contributed by atoms with Gasteiger partial charge in [0.1, 0.15) is 64.7 Å². The van der Waals surface area contributed by atoms with Gasteiger partial charge in [0.05, 0.1) is 52.4 Å². The second-order valence-electron chi connectivity index (χ2n) is 22.5. The Balaban J connectivity index is 0.000000270. The van der Waals surface area contributed by atoms with Crippen LogP contribution in [0, 0.1) is 17.5 Å². The van der Waals surface area contributed by atoms with Crippen LogP contribution in [-0.2, 0) is 47.9 Å². The first-order valence-corrected chi connectivity index (χ1v) is 27.2. The van der Waals surface area contributed by atoms with E-state index in [-0.39, 0.29) is 83.4 Å². The molecule has 9 atom stereocenters. The summed E-state index contributed by atoms with van der Waals surface area (Å²) in [6.07, 6.45) is -7.84. The lowest BCUT2D eigenvalue weighted by Gasteiger charge is -2.28. The summed E-state index contributed by atoms with van der Waals surface area (Å²) in [7, 11) is 0. The average molecular weight is 1240 g/mol. The number of ether oxygens (including phenoxy) is 3. The van der Waals surface area contributed by atoms with Crippen LogP contribution in [0.5, 0.6) is 0 Å². The molecule has 3 heterocycles.